The maximum Gasteiger partial charge on any atom is 0.0471 e. The van der Waals surface area contributed by atoms with Gasteiger partial charge in [-0.25, -0.2) is 0 Å². The van der Waals surface area contributed by atoms with E-state index in [0.29, 0.717) is 12.1 Å². The van der Waals surface area contributed by atoms with Crippen LogP contribution >= 0.6 is 11.6 Å². The van der Waals surface area contributed by atoms with E-state index in [0.717, 1.165) is 18.1 Å². The Morgan fingerprint density at radius 3 is 2.57 bits per heavy atom. The van der Waals surface area contributed by atoms with Crippen LogP contribution in [0.4, 0.5) is 5.69 Å². The first-order valence-corrected chi connectivity index (χ1v) is 8.78. The van der Waals surface area contributed by atoms with Gasteiger partial charge in [-0.15, -0.1) is 0 Å². The van der Waals surface area contributed by atoms with Crippen LogP contribution in [0.5, 0.6) is 0 Å². The van der Waals surface area contributed by atoms with Crippen LogP contribution < -0.4 is 10.2 Å². The first kappa shape index (κ1) is 16.6. The first-order valence-electron chi connectivity index (χ1n) is 8.41. The van der Waals surface area contributed by atoms with Crippen molar-refractivity contribution in [2.75, 3.05) is 11.4 Å². The lowest BCUT2D eigenvalue weighted by molar-refractivity contribution is 0.417. The third kappa shape index (κ3) is 4.37. The van der Waals surface area contributed by atoms with E-state index in [1.165, 1.54) is 43.4 Å². The molecule has 0 bridgehead atoms. The summed E-state index contributed by atoms with van der Waals surface area (Å²) in [5.74, 6) is 0. The second kappa shape index (κ2) is 8.05. The topological polar surface area (TPSA) is 15.3 Å². The summed E-state index contributed by atoms with van der Waals surface area (Å²) in [6.45, 7) is 8.51. The van der Waals surface area contributed by atoms with Crippen LogP contribution in [0.25, 0.3) is 0 Å². The number of rotatable bonds is 6. The number of anilines is 1. The van der Waals surface area contributed by atoms with Gasteiger partial charge in [0.15, 0.2) is 0 Å². The molecule has 3 heteroatoms. The summed E-state index contributed by atoms with van der Waals surface area (Å²) >= 11 is 6.49. The van der Waals surface area contributed by atoms with Crippen molar-refractivity contribution in [1.82, 2.24) is 5.32 Å². The fourth-order valence-electron chi connectivity index (χ4n) is 3.32. The van der Waals surface area contributed by atoms with Crippen molar-refractivity contribution in [3.63, 3.8) is 0 Å². The van der Waals surface area contributed by atoms with Gasteiger partial charge in [0.2, 0.25) is 0 Å². The lowest BCUT2D eigenvalue weighted by Gasteiger charge is -2.37. The summed E-state index contributed by atoms with van der Waals surface area (Å²) in [5, 5.41) is 4.40. The van der Waals surface area contributed by atoms with Gasteiger partial charge < -0.3 is 10.2 Å². The summed E-state index contributed by atoms with van der Waals surface area (Å²) in [4.78, 5) is 2.57. The fourth-order valence-corrected chi connectivity index (χ4v) is 3.55. The molecule has 0 aromatic heterocycles. The highest BCUT2D eigenvalue weighted by molar-refractivity contribution is 6.31. The molecule has 0 amide bonds. The summed E-state index contributed by atoms with van der Waals surface area (Å²) in [5.41, 5.74) is 2.57. The van der Waals surface area contributed by atoms with Gasteiger partial charge >= 0.3 is 0 Å². The van der Waals surface area contributed by atoms with E-state index in [1.807, 2.05) is 6.07 Å². The molecule has 1 aliphatic carbocycles. The minimum Gasteiger partial charge on any atom is -0.369 e. The zero-order valence-corrected chi connectivity index (χ0v) is 14.4. The fraction of sp³-hybridized carbons (Fsp3) is 0.667. The molecule has 1 fully saturated rings. The van der Waals surface area contributed by atoms with Crippen molar-refractivity contribution in [1.29, 1.82) is 0 Å². The molecule has 2 rings (SSSR count). The van der Waals surface area contributed by atoms with Crippen molar-refractivity contribution >= 4 is 17.3 Å². The zero-order valence-electron chi connectivity index (χ0n) is 13.7. The molecule has 1 saturated carbocycles. The zero-order chi connectivity index (χ0) is 15.2. The van der Waals surface area contributed by atoms with Gasteiger partial charge in [0.25, 0.3) is 0 Å². The van der Waals surface area contributed by atoms with Crippen LogP contribution in [-0.2, 0) is 6.54 Å². The molecule has 21 heavy (non-hydrogen) atoms. The minimum absolute atomic E-state index is 0.471. The van der Waals surface area contributed by atoms with Crippen molar-refractivity contribution in [3.8, 4) is 0 Å². The second-order valence-corrected chi connectivity index (χ2v) is 6.76. The largest absolute Gasteiger partial charge is 0.369 e. The smallest absolute Gasteiger partial charge is 0.0471 e. The van der Waals surface area contributed by atoms with E-state index >= 15 is 0 Å². The summed E-state index contributed by atoms with van der Waals surface area (Å²) in [6.07, 6.45) is 6.75. The van der Waals surface area contributed by atoms with E-state index in [1.54, 1.807) is 0 Å². The molecule has 0 aliphatic heterocycles. The van der Waals surface area contributed by atoms with Gasteiger partial charge in [0.05, 0.1) is 0 Å². The highest BCUT2D eigenvalue weighted by Gasteiger charge is 2.22. The van der Waals surface area contributed by atoms with E-state index < -0.39 is 0 Å². The molecule has 118 valence electrons. The first-order chi connectivity index (χ1) is 10.1. The summed E-state index contributed by atoms with van der Waals surface area (Å²) < 4.78 is 0. The second-order valence-electron chi connectivity index (χ2n) is 6.35. The number of nitrogens with zero attached hydrogens (tertiary/aromatic N) is 1. The van der Waals surface area contributed by atoms with Gasteiger partial charge in [-0.05, 0) is 31.9 Å². The van der Waals surface area contributed by atoms with E-state index in [4.69, 9.17) is 11.6 Å². The van der Waals surface area contributed by atoms with Crippen LogP contribution in [0.3, 0.4) is 0 Å². The highest BCUT2D eigenvalue weighted by Crippen LogP contribution is 2.32. The molecule has 1 aromatic rings. The van der Waals surface area contributed by atoms with Gasteiger partial charge in [-0.2, -0.15) is 0 Å². The molecule has 0 spiro atoms. The molecule has 0 saturated heterocycles. The number of nitrogens with one attached hydrogen (secondary N) is 1. The van der Waals surface area contributed by atoms with Gasteiger partial charge in [0.1, 0.15) is 0 Å². The van der Waals surface area contributed by atoms with Crippen LogP contribution in [0, 0.1) is 0 Å². The van der Waals surface area contributed by atoms with Crippen LogP contribution in [0.15, 0.2) is 18.2 Å². The quantitative estimate of drug-likeness (QED) is 0.796. The molecule has 1 aliphatic rings. The van der Waals surface area contributed by atoms with Crippen LogP contribution in [0.1, 0.15) is 58.4 Å². The van der Waals surface area contributed by atoms with Gasteiger partial charge in [-0.3, -0.25) is 0 Å². The molecule has 0 radical (unpaired) electrons. The third-order valence-corrected chi connectivity index (χ3v) is 4.80. The maximum absolute atomic E-state index is 6.49. The van der Waals surface area contributed by atoms with Crippen molar-refractivity contribution in [2.24, 2.45) is 0 Å². The average molecular weight is 309 g/mol. The number of hydrogen-bond donors (Lipinski definition) is 1. The van der Waals surface area contributed by atoms with Crippen molar-refractivity contribution < 1.29 is 0 Å². The van der Waals surface area contributed by atoms with Crippen molar-refractivity contribution in [3.05, 3.63) is 28.8 Å². The molecule has 1 aromatic carbocycles. The maximum atomic E-state index is 6.49. The molecule has 0 heterocycles. The minimum atomic E-state index is 0.471. The monoisotopic (exact) mass is 308 g/mol. The van der Waals surface area contributed by atoms with Gasteiger partial charge in [-0.1, -0.05) is 50.8 Å². The molecular formula is C18H29ClN2. The number of halogens is 1. The highest BCUT2D eigenvalue weighted by atomic mass is 35.5. The Morgan fingerprint density at radius 2 is 1.95 bits per heavy atom. The van der Waals surface area contributed by atoms with E-state index in [9.17, 15) is 0 Å². The molecule has 1 N–H and O–H groups in total. The Balaban J connectivity index is 2.24. The molecular weight excluding hydrogens is 280 g/mol. The van der Waals surface area contributed by atoms with Gasteiger partial charge in [0, 0.05) is 41.4 Å². The SMILES string of the molecule is CCN(c1cccc(Cl)c1CNC(C)C)C1CCCCC1. The third-order valence-electron chi connectivity index (χ3n) is 4.45. The Hall–Kier alpha value is -0.730. The standard InChI is InChI=1S/C18H29ClN2/c1-4-21(15-9-6-5-7-10-15)18-12-8-11-17(19)16(18)13-20-14(2)3/h8,11-12,14-15,20H,4-7,9-10,13H2,1-3H3. The Bertz CT molecular complexity index is 439. The lowest BCUT2D eigenvalue weighted by atomic mass is 9.93. The number of benzene rings is 1. The van der Waals surface area contributed by atoms with E-state index in [2.05, 4.69) is 43.1 Å². The predicted octanol–water partition coefficient (Wildman–Crippen LogP) is 5.00. The van der Waals surface area contributed by atoms with E-state index in [-0.39, 0.29) is 0 Å². The Kier molecular flexibility index (Phi) is 6.38. The van der Waals surface area contributed by atoms with Crippen molar-refractivity contribution in [2.45, 2.75) is 71.5 Å². The summed E-state index contributed by atoms with van der Waals surface area (Å²) in [6, 6.07) is 7.49. The predicted molar refractivity (Wildman–Crippen MR) is 93.3 cm³/mol. The lowest BCUT2D eigenvalue weighted by Crippen LogP contribution is -2.37. The van der Waals surface area contributed by atoms with Crippen LogP contribution in [0.2, 0.25) is 5.02 Å². The molecule has 0 atom stereocenters. The molecule has 0 unspecified atom stereocenters. The average Bonchev–Trinajstić information content (AvgIpc) is 2.48. The Labute approximate surface area is 134 Å². The Morgan fingerprint density at radius 1 is 1.24 bits per heavy atom. The normalized spacial score (nSPS) is 16.4. The number of hydrogen-bond acceptors (Lipinski definition) is 2. The summed E-state index contributed by atoms with van der Waals surface area (Å²) in [7, 11) is 0. The van der Waals surface area contributed by atoms with Crippen LogP contribution in [-0.4, -0.2) is 18.6 Å². The molecule has 2 nitrogen and oxygen atoms in total.